The molecule has 1 heterocycles. The number of ether oxygens (including phenoxy) is 1. The summed E-state index contributed by atoms with van der Waals surface area (Å²) in [6, 6.07) is 7.71. The monoisotopic (exact) mass is 335 g/mol. The minimum absolute atomic E-state index is 0.0811. The average Bonchev–Trinajstić information content (AvgIpc) is 2.94. The maximum Gasteiger partial charge on any atom is 0.229 e. The molecule has 5 nitrogen and oxygen atoms in total. The van der Waals surface area contributed by atoms with Crippen molar-refractivity contribution in [3.63, 3.8) is 0 Å². The molecular formula is C14H14BrN3O2. The Bertz CT molecular complexity index is 634. The molecule has 20 heavy (non-hydrogen) atoms. The molecule has 0 saturated carbocycles. The van der Waals surface area contributed by atoms with Gasteiger partial charge in [0.15, 0.2) is 0 Å². The highest BCUT2D eigenvalue weighted by Gasteiger charge is 2.15. The van der Waals surface area contributed by atoms with E-state index in [-0.39, 0.29) is 5.92 Å². The highest BCUT2D eigenvalue weighted by atomic mass is 79.9. The lowest BCUT2D eigenvalue weighted by Gasteiger charge is -2.03. The van der Waals surface area contributed by atoms with E-state index in [0.29, 0.717) is 24.6 Å². The van der Waals surface area contributed by atoms with Crippen LogP contribution in [0.5, 0.6) is 5.75 Å². The molecule has 6 heteroatoms. The molecule has 0 aliphatic rings. The van der Waals surface area contributed by atoms with E-state index < -0.39 is 0 Å². The van der Waals surface area contributed by atoms with Gasteiger partial charge in [-0.3, -0.25) is 0 Å². The molecule has 1 aromatic heterocycles. The number of hydrogen-bond acceptors (Lipinski definition) is 5. The van der Waals surface area contributed by atoms with Crippen LogP contribution >= 0.6 is 15.9 Å². The van der Waals surface area contributed by atoms with E-state index in [0.717, 1.165) is 15.8 Å². The molecule has 0 N–H and O–H groups in total. The highest BCUT2D eigenvalue weighted by molar-refractivity contribution is 9.10. The molecule has 2 aromatic rings. The number of halogens is 1. The van der Waals surface area contributed by atoms with Crippen LogP contribution in [0.3, 0.4) is 0 Å². The first kappa shape index (κ1) is 14.5. The molecule has 0 saturated heterocycles. The normalized spacial score (nSPS) is 11.9. The summed E-state index contributed by atoms with van der Waals surface area (Å²) in [6.07, 6.45) is 1.19. The van der Waals surface area contributed by atoms with Crippen LogP contribution in [-0.4, -0.2) is 17.3 Å². The molecule has 0 radical (unpaired) electrons. The van der Waals surface area contributed by atoms with Crippen LogP contribution in [0.2, 0.25) is 0 Å². The Morgan fingerprint density at radius 2 is 2.30 bits per heavy atom. The van der Waals surface area contributed by atoms with Crippen molar-refractivity contribution in [2.75, 3.05) is 7.11 Å². The molecule has 1 aromatic carbocycles. The van der Waals surface area contributed by atoms with Crippen molar-refractivity contribution < 1.29 is 9.26 Å². The number of benzene rings is 1. The number of hydrogen-bond donors (Lipinski definition) is 0. The second-order valence-electron chi connectivity index (χ2n) is 4.40. The molecule has 0 aliphatic heterocycles. The summed E-state index contributed by atoms with van der Waals surface area (Å²) in [5.74, 6) is 1.92. The third kappa shape index (κ3) is 3.17. The van der Waals surface area contributed by atoms with Gasteiger partial charge < -0.3 is 9.26 Å². The predicted molar refractivity (Wildman–Crippen MR) is 77.2 cm³/mol. The summed E-state index contributed by atoms with van der Waals surface area (Å²) >= 11 is 3.43. The Morgan fingerprint density at radius 1 is 1.50 bits per heavy atom. The summed E-state index contributed by atoms with van der Waals surface area (Å²) in [7, 11) is 1.61. The first-order valence-electron chi connectivity index (χ1n) is 6.20. The van der Waals surface area contributed by atoms with Crippen molar-refractivity contribution in [3.05, 3.63) is 28.6 Å². The minimum atomic E-state index is 0.0811. The Hall–Kier alpha value is -1.87. The Morgan fingerprint density at radius 3 is 2.95 bits per heavy atom. The zero-order valence-corrected chi connectivity index (χ0v) is 12.8. The van der Waals surface area contributed by atoms with Crippen LogP contribution < -0.4 is 4.74 Å². The molecule has 1 atom stereocenters. The van der Waals surface area contributed by atoms with Gasteiger partial charge in [0, 0.05) is 17.9 Å². The molecule has 1 unspecified atom stereocenters. The lowest BCUT2D eigenvalue weighted by Crippen LogP contribution is -1.93. The van der Waals surface area contributed by atoms with Crippen molar-refractivity contribution in [2.24, 2.45) is 0 Å². The topological polar surface area (TPSA) is 71.9 Å². The fourth-order valence-electron chi connectivity index (χ4n) is 1.76. The fourth-order valence-corrected chi connectivity index (χ4v) is 2.30. The van der Waals surface area contributed by atoms with Gasteiger partial charge in [0.25, 0.3) is 0 Å². The maximum atomic E-state index is 8.59. The van der Waals surface area contributed by atoms with E-state index in [1.807, 2.05) is 25.1 Å². The van der Waals surface area contributed by atoms with Crippen molar-refractivity contribution in [2.45, 2.75) is 25.7 Å². The van der Waals surface area contributed by atoms with Crippen LogP contribution in [-0.2, 0) is 0 Å². The summed E-state index contributed by atoms with van der Waals surface area (Å²) in [5, 5.41) is 12.6. The van der Waals surface area contributed by atoms with Gasteiger partial charge in [0.1, 0.15) is 5.75 Å². The van der Waals surface area contributed by atoms with E-state index in [2.05, 4.69) is 32.1 Å². The van der Waals surface area contributed by atoms with Gasteiger partial charge in [0.2, 0.25) is 11.7 Å². The summed E-state index contributed by atoms with van der Waals surface area (Å²) < 4.78 is 11.3. The fraction of sp³-hybridized carbons (Fsp3) is 0.357. The molecule has 0 amide bonds. The highest BCUT2D eigenvalue weighted by Crippen LogP contribution is 2.30. The van der Waals surface area contributed by atoms with Crippen LogP contribution in [0.15, 0.2) is 27.2 Å². The molecule has 104 valence electrons. The van der Waals surface area contributed by atoms with E-state index in [1.165, 1.54) is 0 Å². The van der Waals surface area contributed by atoms with Gasteiger partial charge in [-0.2, -0.15) is 10.2 Å². The molecule has 0 bridgehead atoms. The lowest BCUT2D eigenvalue weighted by molar-refractivity contribution is 0.355. The predicted octanol–water partition coefficient (Wildman–Crippen LogP) is 3.91. The minimum Gasteiger partial charge on any atom is -0.496 e. The van der Waals surface area contributed by atoms with E-state index in [4.69, 9.17) is 14.5 Å². The van der Waals surface area contributed by atoms with Crippen LogP contribution in [0.4, 0.5) is 0 Å². The first-order chi connectivity index (χ1) is 9.65. The van der Waals surface area contributed by atoms with Gasteiger partial charge in [-0.1, -0.05) is 12.1 Å². The number of nitriles is 1. The number of nitrogens with zero attached hydrogens (tertiary/aromatic N) is 3. The van der Waals surface area contributed by atoms with Gasteiger partial charge in [-0.15, -0.1) is 0 Å². The lowest BCUT2D eigenvalue weighted by atomic mass is 10.1. The quantitative estimate of drug-likeness (QED) is 0.828. The maximum absolute atomic E-state index is 8.59. The van der Waals surface area contributed by atoms with Crippen LogP contribution in [0.25, 0.3) is 11.4 Å². The second kappa shape index (κ2) is 6.53. The summed E-state index contributed by atoms with van der Waals surface area (Å²) in [5.41, 5.74) is 0.847. The van der Waals surface area contributed by atoms with E-state index in [9.17, 15) is 0 Å². The second-order valence-corrected chi connectivity index (χ2v) is 5.26. The summed E-state index contributed by atoms with van der Waals surface area (Å²) in [6.45, 7) is 1.97. The van der Waals surface area contributed by atoms with Crippen molar-refractivity contribution >= 4 is 15.9 Å². The molecular weight excluding hydrogens is 322 g/mol. The summed E-state index contributed by atoms with van der Waals surface area (Å²) in [4.78, 5) is 4.38. The van der Waals surface area contributed by atoms with Crippen molar-refractivity contribution in [3.8, 4) is 23.2 Å². The Balaban J connectivity index is 2.20. The molecule has 0 fully saturated rings. The smallest absolute Gasteiger partial charge is 0.229 e. The van der Waals surface area contributed by atoms with E-state index in [1.54, 1.807) is 7.11 Å². The van der Waals surface area contributed by atoms with Crippen molar-refractivity contribution in [1.29, 1.82) is 5.26 Å². The largest absolute Gasteiger partial charge is 0.496 e. The molecule has 2 rings (SSSR count). The van der Waals surface area contributed by atoms with Gasteiger partial charge in [-0.05, 0) is 40.5 Å². The van der Waals surface area contributed by atoms with Gasteiger partial charge in [-0.25, -0.2) is 0 Å². The number of rotatable bonds is 5. The standard InChI is InChI=1S/C14H14BrN3O2/c1-9(4-3-7-16)14-17-13(18-20-14)10-5-6-12(19-2)11(15)8-10/h5-6,8-9H,3-4H2,1-2H3. The zero-order valence-electron chi connectivity index (χ0n) is 11.3. The Labute approximate surface area is 125 Å². The number of aromatic nitrogens is 2. The first-order valence-corrected chi connectivity index (χ1v) is 6.99. The number of methoxy groups -OCH3 is 1. The van der Waals surface area contributed by atoms with E-state index >= 15 is 0 Å². The van der Waals surface area contributed by atoms with Crippen LogP contribution in [0, 0.1) is 11.3 Å². The van der Waals surface area contributed by atoms with Gasteiger partial charge in [0.05, 0.1) is 17.7 Å². The average molecular weight is 336 g/mol. The third-order valence-electron chi connectivity index (χ3n) is 2.96. The van der Waals surface area contributed by atoms with Crippen molar-refractivity contribution in [1.82, 2.24) is 10.1 Å². The van der Waals surface area contributed by atoms with Crippen LogP contribution in [0.1, 0.15) is 31.6 Å². The zero-order chi connectivity index (χ0) is 14.5. The Kier molecular flexibility index (Phi) is 4.74. The third-order valence-corrected chi connectivity index (χ3v) is 3.58. The van der Waals surface area contributed by atoms with Gasteiger partial charge >= 0.3 is 0 Å². The molecule has 0 spiro atoms. The molecule has 0 aliphatic carbocycles. The SMILES string of the molecule is COc1ccc(-c2noc(C(C)CCC#N)n2)cc1Br.